The average Bonchev–Trinajstić information content (AvgIpc) is 3.25. The Kier molecular flexibility index (Phi) is 8.78. The predicted molar refractivity (Wildman–Crippen MR) is 159 cm³/mol. The van der Waals surface area contributed by atoms with Crippen LogP contribution in [0.15, 0.2) is 114 Å². The van der Waals surface area contributed by atoms with Crippen molar-refractivity contribution in [3.05, 3.63) is 115 Å². The molecule has 1 N–H and O–H groups in total. The van der Waals surface area contributed by atoms with Crippen molar-refractivity contribution in [1.29, 1.82) is 0 Å². The average molecular weight is 552 g/mol. The Labute approximate surface area is 237 Å². The van der Waals surface area contributed by atoms with E-state index in [2.05, 4.69) is 5.32 Å². The molecule has 0 aliphatic carbocycles. The molecular weight excluding hydrogens is 522 g/mol. The number of rotatable bonds is 10. The first-order valence-corrected chi connectivity index (χ1v) is 13.9. The first kappa shape index (κ1) is 27.0. The van der Waals surface area contributed by atoms with Gasteiger partial charge in [-0.25, -0.2) is 4.99 Å². The van der Waals surface area contributed by atoms with Gasteiger partial charge in [0.25, 0.3) is 0 Å². The molecule has 1 saturated heterocycles. The zero-order chi connectivity index (χ0) is 27.7. The van der Waals surface area contributed by atoms with Crippen LogP contribution in [0.3, 0.4) is 0 Å². The summed E-state index contributed by atoms with van der Waals surface area (Å²) in [5, 5.41) is 2.89. The van der Waals surface area contributed by atoms with Crippen LogP contribution in [-0.4, -0.2) is 33.7 Å². The SMILES string of the molecule is CCOc1ccc(N=C2SC(CC(=O)Nc3ccc(Oc4ccccc4)cc3)C(=O)N2Cc2ccccc2)cc1. The molecule has 2 amide bonds. The number of carbonyl (C=O) groups excluding carboxylic acids is 2. The zero-order valence-corrected chi connectivity index (χ0v) is 22.8. The van der Waals surface area contributed by atoms with Crippen molar-refractivity contribution in [2.45, 2.75) is 25.1 Å². The third kappa shape index (κ3) is 7.09. The summed E-state index contributed by atoms with van der Waals surface area (Å²) in [6, 6.07) is 33.8. The number of ether oxygens (including phenoxy) is 2. The summed E-state index contributed by atoms with van der Waals surface area (Å²) in [4.78, 5) is 32.8. The predicted octanol–water partition coefficient (Wildman–Crippen LogP) is 7.04. The Hall–Kier alpha value is -4.56. The lowest BCUT2D eigenvalue weighted by atomic mass is 10.2. The van der Waals surface area contributed by atoms with Crippen molar-refractivity contribution in [2.75, 3.05) is 11.9 Å². The number of amidine groups is 1. The molecule has 0 radical (unpaired) electrons. The number of nitrogens with one attached hydrogen (secondary N) is 1. The molecule has 1 atom stereocenters. The fourth-order valence-corrected chi connectivity index (χ4v) is 5.30. The molecule has 0 spiro atoms. The largest absolute Gasteiger partial charge is 0.494 e. The zero-order valence-electron chi connectivity index (χ0n) is 22.0. The third-order valence-corrected chi connectivity index (χ3v) is 7.24. The molecule has 202 valence electrons. The Morgan fingerprint density at radius 1 is 0.850 bits per heavy atom. The Morgan fingerprint density at radius 3 is 2.15 bits per heavy atom. The van der Waals surface area contributed by atoms with Crippen LogP contribution in [0.5, 0.6) is 17.2 Å². The van der Waals surface area contributed by atoms with E-state index in [4.69, 9.17) is 14.5 Å². The molecule has 1 aliphatic heterocycles. The molecule has 1 aliphatic rings. The van der Waals surface area contributed by atoms with Crippen LogP contribution in [0.2, 0.25) is 0 Å². The number of anilines is 1. The van der Waals surface area contributed by atoms with E-state index >= 15 is 0 Å². The van der Waals surface area contributed by atoms with Crippen LogP contribution in [0.4, 0.5) is 11.4 Å². The summed E-state index contributed by atoms with van der Waals surface area (Å²) >= 11 is 1.31. The number of hydrogen-bond acceptors (Lipinski definition) is 6. The maximum Gasteiger partial charge on any atom is 0.242 e. The quantitative estimate of drug-likeness (QED) is 0.229. The second-order valence-electron chi connectivity index (χ2n) is 9.03. The molecule has 0 saturated carbocycles. The van der Waals surface area contributed by atoms with Crippen LogP contribution in [0.1, 0.15) is 18.9 Å². The van der Waals surface area contributed by atoms with Gasteiger partial charge in [0.1, 0.15) is 22.5 Å². The number of carbonyl (C=O) groups is 2. The highest BCUT2D eigenvalue weighted by Gasteiger charge is 2.39. The molecule has 1 unspecified atom stereocenters. The number of nitrogens with zero attached hydrogens (tertiary/aromatic N) is 2. The van der Waals surface area contributed by atoms with Crippen LogP contribution in [-0.2, 0) is 16.1 Å². The lowest BCUT2D eigenvalue weighted by molar-refractivity contribution is -0.128. The van der Waals surface area contributed by atoms with Gasteiger partial charge in [-0.15, -0.1) is 0 Å². The molecular formula is C32H29N3O4S. The lowest BCUT2D eigenvalue weighted by Gasteiger charge is -2.16. The number of amides is 2. The van der Waals surface area contributed by atoms with Gasteiger partial charge in [-0.05, 0) is 73.2 Å². The van der Waals surface area contributed by atoms with Gasteiger partial charge in [0.15, 0.2) is 5.17 Å². The number of benzene rings is 4. The second-order valence-corrected chi connectivity index (χ2v) is 10.2. The fraction of sp³-hybridized carbons (Fsp3) is 0.156. The van der Waals surface area contributed by atoms with Crippen molar-refractivity contribution in [3.63, 3.8) is 0 Å². The monoisotopic (exact) mass is 551 g/mol. The third-order valence-electron chi connectivity index (χ3n) is 6.06. The minimum absolute atomic E-state index is 0.0271. The fourth-order valence-electron chi connectivity index (χ4n) is 4.14. The van der Waals surface area contributed by atoms with Crippen molar-refractivity contribution in [1.82, 2.24) is 4.90 Å². The lowest BCUT2D eigenvalue weighted by Crippen LogP contribution is -2.33. The highest BCUT2D eigenvalue weighted by molar-refractivity contribution is 8.15. The minimum Gasteiger partial charge on any atom is -0.494 e. The number of thioether (sulfide) groups is 1. The normalized spacial score (nSPS) is 15.7. The summed E-state index contributed by atoms with van der Waals surface area (Å²) in [5.41, 5.74) is 2.32. The summed E-state index contributed by atoms with van der Waals surface area (Å²) in [5.74, 6) is 1.78. The molecule has 0 aromatic heterocycles. The summed E-state index contributed by atoms with van der Waals surface area (Å²) in [7, 11) is 0. The van der Waals surface area contributed by atoms with Crippen LogP contribution < -0.4 is 14.8 Å². The Bertz CT molecular complexity index is 1460. The molecule has 4 aromatic rings. The van der Waals surface area contributed by atoms with E-state index in [1.807, 2.05) is 91.9 Å². The molecule has 40 heavy (non-hydrogen) atoms. The smallest absolute Gasteiger partial charge is 0.242 e. The van der Waals surface area contributed by atoms with Gasteiger partial charge in [0.2, 0.25) is 11.8 Å². The second kappa shape index (κ2) is 13.0. The highest BCUT2D eigenvalue weighted by Crippen LogP contribution is 2.33. The first-order chi connectivity index (χ1) is 19.6. The summed E-state index contributed by atoms with van der Waals surface area (Å²) < 4.78 is 11.3. The van der Waals surface area contributed by atoms with Gasteiger partial charge in [-0.2, -0.15) is 0 Å². The van der Waals surface area contributed by atoms with Crippen molar-refractivity contribution in [2.24, 2.45) is 4.99 Å². The van der Waals surface area contributed by atoms with Crippen LogP contribution >= 0.6 is 11.8 Å². The van der Waals surface area contributed by atoms with E-state index in [1.54, 1.807) is 29.2 Å². The number of hydrogen-bond donors (Lipinski definition) is 1. The summed E-state index contributed by atoms with van der Waals surface area (Å²) in [6.07, 6.45) is 0.0271. The molecule has 1 heterocycles. The van der Waals surface area contributed by atoms with Gasteiger partial charge in [-0.3, -0.25) is 14.5 Å². The molecule has 8 heteroatoms. The van der Waals surface area contributed by atoms with Crippen LogP contribution in [0.25, 0.3) is 0 Å². The van der Waals surface area contributed by atoms with Gasteiger partial charge in [0.05, 0.1) is 18.8 Å². The van der Waals surface area contributed by atoms with Crippen molar-refractivity contribution in [3.8, 4) is 17.2 Å². The number of para-hydroxylation sites is 1. The van der Waals surface area contributed by atoms with E-state index in [-0.39, 0.29) is 18.2 Å². The Balaban J connectivity index is 1.26. The highest BCUT2D eigenvalue weighted by atomic mass is 32.2. The van der Waals surface area contributed by atoms with Crippen LogP contribution in [0, 0.1) is 0 Å². The van der Waals surface area contributed by atoms with E-state index < -0.39 is 5.25 Å². The van der Waals surface area contributed by atoms with E-state index in [1.165, 1.54) is 11.8 Å². The molecule has 0 bridgehead atoms. The van der Waals surface area contributed by atoms with E-state index in [9.17, 15) is 9.59 Å². The Morgan fingerprint density at radius 2 is 1.48 bits per heavy atom. The molecule has 5 rings (SSSR count). The maximum atomic E-state index is 13.5. The van der Waals surface area contributed by atoms with Gasteiger partial charge in [-0.1, -0.05) is 60.3 Å². The minimum atomic E-state index is -0.578. The topological polar surface area (TPSA) is 80.2 Å². The standard InChI is InChI=1S/C32H29N3O4S/c1-2-38-26-17-13-25(14-18-26)34-32-35(22-23-9-5-3-6-10-23)31(37)29(40-32)21-30(36)33-24-15-19-28(20-16-24)39-27-11-7-4-8-12-27/h3-20,29H,2,21-22H2,1H3,(H,33,36). The number of aliphatic imine (C=N–C) groups is 1. The van der Waals surface area contributed by atoms with Crippen molar-refractivity contribution >= 4 is 40.1 Å². The molecule has 7 nitrogen and oxygen atoms in total. The first-order valence-electron chi connectivity index (χ1n) is 13.0. The van der Waals surface area contributed by atoms with Gasteiger partial charge >= 0.3 is 0 Å². The molecule has 1 fully saturated rings. The molecule has 4 aromatic carbocycles. The van der Waals surface area contributed by atoms with E-state index in [0.717, 1.165) is 17.1 Å². The van der Waals surface area contributed by atoms with E-state index in [0.29, 0.717) is 35.4 Å². The maximum absolute atomic E-state index is 13.5. The van der Waals surface area contributed by atoms with Crippen molar-refractivity contribution < 1.29 is 19.1 Å². The summed E-state index contributed by atoms with van der Waals surface area (Å²) in [6.45, 7) is 2.89. The van der Waals surface area contributed by atoms with Gasteiger partial charge in [0, 0.05) is 12.1 Å². The van der Waals surface area contributed by atoms with Gasteiger partial charge < -0.3 is 14.8 Å².